The molecule has 3 rings (SSSR count). The monoisotopic (exact) mass is 312 g/mol. The van der Waals surface area contributed by atoms with Crippen molar-refractivity contribution in [3.05, 3.63) is 64.1 Å². The van der Waals surface area contributed by atoms with Crippen molar-refractivity contribution in [1.29, 1.82) is 0 Å². The van der Waals surface area contributed by atoms with E-state index >= 15 is 0 Å². The third-order valence-electron chi connectivity index (χ3n) is 3.43. The van der Waals surface area contributed by atoms with Crippen LogP contribution in [0.1, 0.15) is 11.1 Å². The Labute approximate surface area is 132 Å². The molecule has 2 N–H and O–H groups in total. The number of fused-ring (bicyclic) bond motifs is 1. The molecular weight excluding hydrogens is 296 g/mol. The van der Waals surface area contributed by atoms with Gasteiger partial charge in [0.2, 0.25) is 0 Å². The number of aryl methyl sites for hydroxylation is 1. The number of hydrogen-bond acceptors (Lipinski definition) is 4. The maximum atomic E-state index is 11.9. The number of aromatic amines is 1. The number of hydrogen-bond donors (Lipinski definition) is 2. The van der Waals surface area contributed by atoms with Crippen LogP contribution < -0.4 is 15.8 Å². The molecule has 6 heteroatoms. The number of amides is 1. The van der Waals surface area contributed by atoms with Crippen LogP contribution in [-0.2, 0) is 11.3 Å². The van der Waals surface area contributed by atoms with Crippen molar-refractivity contribution in [1.82, 2.24) is 10.3 Å². The zero-order valence-electron chi connectivity index (χ0n) is 12.6. The lowest BCUT2D eigenvalue weighted by molar-refractivity contribution is -0.123. The number of para-hydroxylation sites is 1. The first-order valence-corrected chi connectivity index (χ1v) is 7.19. The van der Waals surface area contributed by atoms with Crippen molar-refractivity contribution in [2.24, 2.45) is 0 Å². The van der Waals surface area contributed by atoms with Gasteiger partial charge < -0.3 is 14.5 Å². The average Bonchev–Trinajstić information content (AvgIpc) is 2.91. The zero-order valence-corrected chi connectivity index (χ0v) is 12.6. The minimum absolute atomic E-state index is 0.0460. The molecular formula is C17H16N2O4. The number of ether oxygens (including phenoxy) is 1. The first-order chi connectivity index (χ1) is 11.1. The van der Waals surface area contributed by atoms with Crippen molar-refractivity contribution in [3.63, 3.8) is 0 Å². The Morgan fingerprint density at radius 3 is 2.91 bits per heavy atom. The van der Waals surface area contributed by atoms with E-state index in [1.165, 1.54) is 0 Å². The molecule has 0 radical (unpaired) electrons. The van der Waals surface area contributed by atoms with Gasteiger partial charge in [-0.15, -0.1) is 0 Å². The Morgan fingerprint density at radius 2 is 2.09 bits per heavy atom. The molecule has 0 aliphatic carbocycles. The predicted molar refractivity (Wildman–Crippen MR) is 85.4 cm³/mol. The average molecular weight is 312 g/mol. The zero-order chi connectivity index (χ0) is 16.2. The molecule has 0 spiro atoms. The van der Waals surface area contributed by atoms with Crippen LogP contribution >= 0.6 is 0 Å². The van der Waals surface area contributed by atoms with Gasteiger partial charge in [0.1, 0.15) is 5.75 Å². The quantitative estimate of drug-likeness (QED) is 0.756. The number of nitrogens with one attached hydrogen (secondary N) is 2. The summed E-state index contributed by atoms with van der Waals surface area (Å²) in [5.74, 6) is -0.0121. The van der Waals surface area contributed by atoms with E-state index in [-0.39, 0.29) is 12.5 Å². The van der Waals surface area contributed by atoms with E-state index in [0.29, 0.717) is 23.4 Å². The molecule has 3 aromatic rings. The van der Waals surface area contributed by atoms with Gasteiger partial charge in [0, 0.05) is 6.54 Å². The van der Waals surface area contributed by atoms with Gasteiger partial charge in [-0.3, -0.25) is 9.78 Å². The highest BCUT2D eigenvalue weighted by atomic mass is 16.5. The van der Waals surface area contributed by atoms with Gasteiger partial charge in [-0.25, -0.2) is 4.79 Å². The molecule has 1 amide bonds. The maximum absolute atomic E-state index is 11.9. The van der Waals surface area contributed by atoms with Gasteiger partial charge in [-0.2, -0.15) is 0 Å². The summed E-state index contributed by atoms with van der Waals surface area (Å²) in [7, 11) is 0. The van der Waals surface area contributed by atoms with E-state index in [4.69, 9.17) is 9.15 Å². The Balaban J connectivity index is 1.55. The Hall–Kier alpha value is -3.02. The normalized spacial score (nSPS) is 10.7. The van der Waals surface area contributed by atoms with Crippen LogP contribution in [0.4, 0.5) is 0 Å². The van der Waals surface area contributed by atoms with Crippen LogP contribution in [-0.4, -0.2) is 17.5 Å². The maximum Gasteiger partial charge on any atom is 0.417 e. The highest BCUT2D eigenvalue weighted by molar-refractivity contribution is 5.78. The molecule has 1 aromatic heterocycles. The minimum Gasteiger partial charge on any atom is -0.484 e. The van der Waals surface area contributed by atoms with Crippen molar-refractivity contribution < 1.29 is 13.9 Å². The van der Waals surface area contributed by atoms with Gasteiger partial charge in [-0.05, 0) is 36.2 Å². The lowest BCUT2D eigenvalue weighted by atomic mass is 10.2. The predicted octanol–water partition coefficient (Wildman–Crippen LogP) is 2.12. The standard InChI is InChI=1S/C17H16N2O4/c1-11-4-2-3-5-14(11)22-10-16(20)18-9-12-6-7-15-13(8-12)19-17(21)23-15/h2-8H,9-10H2,1H3,(H,18,20)(H,19,21). The molecule has 0 fully saturated rings. The third-order valence-corrected chi connectivity index (χ3v) is 3.43. The Bertz CT molecular complexity index is 895. The smallest absolute Gasteiger partial charge is 0.417 e. The molecule has 1 heterocycles. The summed E-state index contributed by atoms with van der Waals surface area (Å²) >= 11 is 0. The molecule has 0 atom stereocenters. The number of oxazole rings is 1. The minimum atomic E-state index is -0.493. The molecule has 0 saturated carbocycles. The molecule has 6 nitrogen and oxygen atoms in total. The molecule has 0 bridgehead atoms. The van der Waals surface area contributed by atoms with Gasteiger partial charge in [0.15, 0.2) is 12.2 Å². The number of carbonyl (C=O) groups is 1. The summed E-state index contributed by atoms with van der Waals surface area (Å²) in [5.41, 5.74) is 2.94. The lowest BCUT2D eigenvalue weighted by Gasteiger charge is -2.09. The highest BCUT2D eigenvalue weighted by Crippen LogP contribution is 2.16. The van der Waals surface area contributed by atoms with E-state index in [1.54, 1.807) is 18.2 Å². The fraction of sp³-hybridized carbons (Fsp3) is 0.176. The van der Waals surface area contributed by atoms with Gasteiger partial charge in [-0.1, -0.05) is 24.3 Å². The largest absolute Gasteiger partial charge is 0.484 e. The summed E-state index contributed by atoms with van der Waals surface area (Å²) in [4.78, 5) is 25.5. The fourth-order valence-corrected chi connectivity index (χ4v) is 2.22. The number of aromatic nitrogens is 1. The molecule has 23 heavy (non-hydrogen) atoms. The second kappa shape index (κ2) is 6.39. The second-order valence-electron chi connectivity index (χ2n) is 5.18. The van der Waals surface area contributed by atoms with Crippen LogP contribution in [0.3, 0.4) is 0 Å². The summed E-state index contributed by atoms with van der Waals surface area (Å²) in [6, 6.07) is 12.8. The molecule has 118 valence electrons. The summed E-state index contributed by atoms with van der Waals surface area (Å²) in [6.45, 7) is 2.23. The van der Waals surface area contributed by atoms with Crippen LogP contribution in [0.2, 0.25) is 0 Å². The van der Waals surface area contributed by atoms with Gasteiger partial charge >= 0.3 is 5.76 Å². The van der Waals surface area contributed by atoms with Crippen molar-refractivity contribution in [2.75, 3.05) is 6.61 Å². The number of carbonyl (C=O) groups excluding carboxylic acids is 1. The van der Waals surface area contributed by atoms with Crippen LogP contribution in [0.5, 0.6) is 5.75 Å². The van der Waals surface area contributed by atoms with Crippen LogP contribution in [0.25, 0.3) is 11.1 Å². The van der Waals surface area contributed by atoms with E-state index in [0.717, 1.165) is 11.1 Å². The van der Waals surface area contributed by atoms with Crippen molar-refractivity contribution in [2.45, 2.75) is 13.5 Å². The summed E-state index contributed by atoms with van der Waals surface area (Å²) in [6.07, 6.45) is 0. The van der Waals surface area contributed by atoms with Gasteiger partial charge in [0.05, 0.1) is 5.52 Å². The number of H-pyrrole nitrogens is 1. The Kier molecular flexibility index (Phi) is 4.14. The molecule has 0 saturated heterocycles. The second-order valence-corrected chi connectivity index (χ2v) is 5.18. The molecule has 0 aliphatic heterocycles. The highest BCUT2D eigenvalue weighted by Gasteiger charge is 2.06. The number of benzene rings is 2. The summed E-state index contributed by atoms with van der Waals surface area (Å²) < 4.78 is 10.4. The lowest BCUT2D eigenvalue weighted by Crippen LogP contribution is -2.28. The third kappa shape index (κ3) is 3.60. The molecule has 0 unspecified atom stereocenters. The topological polar surface area (TPSA) is 84.3 Å². The number of rotatable bonds is 5. The molecule has 2 aromatic carbocycles. The molecule has 0 aliphatic rings. The van der Waals surface area contributed by atoms with E-state index < -0.39 is 5.76 Å². The SMILES string of the molecule is Cc1ccccc1OCC(=O)NCc1ccc2oc(=O)[nH]c2c1. The van der Waals surface area contributed by atoms with Crippen LogP contribution in [0, 0.1) is 6.92 Å². The first-order valence-electron chi connectivity index (χ1n) is 7.19. The summed E-state index contributed by atoms with van der Waals surface area (Å²) in [5, 5.41) is 2.77. The van der Waals surface area contributed by atoms with E-state index in [1.807, 2.05) is 31.2 Å². The van der Waals surface area contributed by atoms with Crippen molar-refractivity contribution in [3.8, 4) is 5.75 Å². The first kappa shape index (κ1) is 14.9. The van der Waals surface area contributed by atoms with E-state index in [2.05, 4.69) is 10.3 Å². The van der Waals surface area contributed by atoms with Crippen molar-refractivity contribution >= 4 is 17.0 Å². The van der Waals surface area contributed by atoms with Gasteiger partial charge in [0.25, 0.3) is 5.91 Å². The Morgan fingerprint density at radius 1 is 1.26 bits per heavy atom. The van der Waals surface area contributed by atoms with Crippen LogP contribution in [0.15, 0.2) is 51.7 Å². The van der Waals surface area contributed by atoms with E-state index in [9.17, 15) is 9.59 Å². The fourth-order valence-electron chi connectivity index (χ4n) is 2.22.